The maximum Gasteiger partial charge on any atom is 0.308 e. The number of benzene rings is 1. The molecule has 0 radical (unpaired) electrons. The quantitative estimate of drug-likeness (QED) is 0.531. The lowest BCUT2D eigenvalue weighted by atomic mass is 10.00. The second-order valence-corrected chi connectivity index (χ2v) is 3.74. The summed E-state index contributed by atoms with van der Waals surface area (Å²) in [6.45, 7) is 7.55. The minimum absolute atomic E-state index is 0.263. The van der Waals surface area contributed by atoms with E-state index in [0.29, 0.717) is 5.92 Å². The Bertz CT molecular complexity index is 340. The molecule has 0 saturated heterocycles. The van der Waals surface area contributed by atoms with Crippen molar-refractivity contribution < 1.29 is 9.53 Å². The van der Waals surface area contributed by atoms with Gasteiger partial charge in [-0.25, -0.2) is 0 Å². The van der Waals surface area contributed by atoms with Crippen LogP contribution in [0.2, 0.25) is 0 Å². The van der Waals surface area contributed by atoms with Gasteiger partial charge in [0.25, 0.3) is 0 Å². The number of para-hydroxylation sites is 1. The molecule has 0 amide bonds. The normalized spacial score (nSPS) is 10.4. The summed E-state index contributed by atoms with van der Waals surface area (Å²) in [4.78, 5) is 10.9. The van der Waals surface area contributed by atoms with E-state index < -0.39 is 0 Å². The lowest BCUT2D eigenvalue weighted by Gasteiger charge is -2.13. The van der Waals surface area contributed by atoms with E-state index in [2.05, 4.69) is 13.8 Å². The minimum Gasteiger partial charge on any atom is -0.426 e. The van der Waals surface area contributed by atoms with E-state index in [1.807, 2.05) is 25.1 Å². The average molecular weight is 192 g/mol. The van der Waals surface area contributed by atoms with E-state index in [4.69, 9.17) is 4.74 Å². The summed E-state index contributed by atoms with van der Waals surface area (Å²) < 4.78 is 5.20. The van der Waals surface area contributed by atoms with Crippen LogP contribution >= 0.6 is 0 Å². The summed E-state index contributed by atoms with van der Waals surface area (Å²) in [5, 5.41) is 0. The maximum absolute atomic E-state index is 10.9. The monoisotopic (exact) mass is 192 g/mol. The minimum atomic E-state index is -0.263. The Labute approximate surface area is 84.9 Å². The van der Waals surface area contributed by atoms with Crippen LogP contribution in [0, 0.1) is 6.92 Å². The molecule has 1 aromatic carbocycles. The third-order valence-electron chi connectivity index (χ3n) is 2.11. The molecule has 2 nitrogen and oxygen atoms in total. The standard InChI is InChI=1S/C12H16O2/c1-8(2)11-7-5-6-9(3)12(11)14-10(4)13/h5-8H,1-4H3. The first-order valence-corrected chi connectivity index (χ1v) is 4.80. The van der Waals surface area contributed by atoms with Crippen LogP contribution in [0.1, 0.15) is 37.8 Å². The highest BCUT2D eigenvalue weighted by Crippen LogP contribution is 2.29. The number of carbonyl (C=O) groups is 1. The van der Waals surface area contributed by atoms with E-state index >= 15 is 0 Å². The van der Waals surface area contributed by atoms with Crippen LogP contribution in [0.25, 0.3) is 0 Å². The second kappa shape index (κ2) is 4.27. The fourth-order valence-corrected chi connectivity index (χ4v) is 1.41. The van der Waals surface area contributed by atoms with Gasteiger partial charge in [-0.15, -0.1) is 0 Å². The summed E-state index contributed by atoms with van der Waals surface area (Å²) in [5.74, 6) is 0.820. The van der Waals surface area contributed by atoms with Crippen molar-refractivity contribution in [1.82, 2.24) is 0 Å². The molecule has 0 atom stereocenters. The van der Waals surface area contributed by atoms with Crippen LogP contribution in [0.4, 0.5) is 0 Å². The predicted molar refractivity (Wildman–Crippen MR) is 56.6 cm³/mol. The van der Waals surface area contributed by atoms with Gasteiger partial charge in [0.1, 0.15) is 5.75 Å². The topological polar surface area (TPSA) is 26.3 Å². The molecule has 0 fully saturated rings. The second-order valence-electron chi connectivity index (χ2n) is 3.74. The molecule has 1 rings (SSSR count). The van der Waals surface area contributed by atoms with Gasteiger partial charge >= 0.3 is 5.97 Å². The first-order valence-electron chi connectivity index (χ1n) is 4.80. The number of hydrogen-bond donors (Lipinski definition) is 0. The van der Waals surface area contributed by atoms with Gasteiger partial charge < -0.3 is 4.74 Å². The van der Waals surface area contributed by atoms with Gasteiger partial charge in [0, 0.05) is 6.92 Å². The van der Waals surface area contributed by atoms with Gasteiger partial charge in [0.05, 0.1) is 0 Å². The van der Waals surface area contributed by atoms with Gasteiger partial charge in [-0.2, -0.15) is 0 Å². The van der Waals surface area contributed by atoms with Crippen molar-refractivity contribution in [3.8, 4) is 5.75 Å². The van der Waals surface area contributed by atoms with Gasteiger partial charge in [-0.1, -0.05) is 32.0 Å². The Morgan fingerprint density at radius 2 is 2.00 bits per heavy atom. The molecule has 1 aromatic rings. The summed E-state index contributed by atoms with van der Waals surface area (Å²) in [6, 6.07) is 5.93. The molecular formula is C12H16O2. The largest absolute Gasteiger partial charge is 0.426 e. The van der Waals surface area contributed by atoms with Crippen LogP contribution in [0.5, 0.6) is 5.75 Å². The first kappa shape index (κ1) is 10.8. The third kappa shape index (κ3) is 2.34. The van der Waals surface area contributed by atoms with Gasteiger partial charge in [0.15, 0.2) is 0 Å². The molecule has 0 N–H and O–H groups in total. The van der Waals surface area contributed by atoms with E-state index in [-0.39, 0.29) is 5.97 Å². The Hall–Kier alpha value is -1.31. The fraction of sp³-hybridized carbons (Fsp3) is 0.417. The lowest BCUT2D eigenvalue weighted by molar-refractivity contribution is -0.132. The molecule has 76 valence electrons. The molecule has 0 aromatic heterocycles. The molecule has 0 aliphatic heterocycles. The summed E-state index contributed by atoms with van der Waals surface area (Å²) >= 11 is 0. The molecule has 14 heavy (non-hydrogen) atoms. The van der Waals surface area contributed by atoms with Crippen molar-refractivity contribution in [1.29, 1.82) is 0 Å². The number of aryl methyl sites for hydroxylation is 1. The number of hydrogen-bond acceptors (Lipinski definition) is 2. The Kier molecular flexibility index (Phi) is 3.28. The lowest BCUT2D eigenvalue weighted by Crippen LogP contribution is -2.06. The smallest absolute Gasteiger partial charge is 0.308 e. The van der Waals surface area contributed by atoms with E-state index in [9.17, 15) is 4.79 Å². The Morgan fingerprint density at radius 3 is 2.50 bits per heavy atom. The van der Waals surface area contributed by atoms with Crippen molar-refractivity contribution in [3.63, 3.8) is 0 Å². The molecule has 0 saturated carbocycles. The van der Waals surface area contributed by atoms with Gasteiger partial charge in [-0.3, -0.25) is 4.79 Å². The van der Waals surface area contributed by atoms with Crippen molar-refractivity contribution >= 4 is 5.97 Å². The van der Waals surface area contributed by atoms with E-state index in [1.54, 1.807) is 0 Å². The molecule has 2 heteroatoms. The summed E-state index contributed by atoms with van der Waals surface area (Å²) in [5.41, 5.74) is 2.09. The van der Waals surface area contributed by atoms with Crippen LogP contribution in [-0.2, 0) is 4.79 Å². The zero-order valence-electron chi connectivity index (χ0n) is 9.13. The first-order chi connectivity index (χ1) is 6.52. The molecule has 0 aliphatic carbocycles. The molecular weight excluding hydrogens is 176 g/mol. The Morgan fingerprint density at radius 1 is 1.36 bits per heavy atom. The van der Waals surface area contributed by atoms with E-state index in [1.165, 1.54) is 6.92 Å². The number of rotatable bonds is 2. The molecule has 0 spiro atoms. The predicted octanol–water partition coefficient (Wildman–Crippen LogP) is 3.04. The van der Waals surface area contributed by atoms with Crippen molar-refractivity contribution in [3.05, 3.63) is 29.3 Å². The molecule has 0 unspecified atom stereocenters. The Balaban J connectivity index is 3.15. The fourth-order valence-electron chi connectivity index (χ4n) is 1.41. The SMILES string of the molecule is CC(=O)Oc1c(C)cccc1C(C)C. The van der Waals surface area contributed by atoms with Crippen LogP contribution in [0.15, 0.2) is 18.2 Å². The average Bonchev–Trinajstić information content (AvgIpc) is 2.07. The highest BCUT2D eigenvalue weighted by atomic mass is 16.5. The van der Waals surface area contributed by atoms with Crippen LogP contribution in [-0.4, -0.2) is 5.97 Å². The van der Waals surface area contributed by atoms with Crippen LogP contribution < -0.4 is 4.74 Å². The number of carbonyl (C=O) groups excluding carboxylic acids is 1. The zero-order chi connectivity index (χ0) is 10.7. The zero-order valence-corrected chi connectivity index (χ0v) is 9.13. The number of ether oxygens (including phenoxy) is 1. The van der Waals surface area contributed by atoms with E-state index in [0.717, 1.165) is 16.9 Å². The highest BCUT2D eigenvalue weighted by molar-refractivity contribution is 5.70. The maximum atomic E-state index is 10.9. The van der Waals surface area contributed by atoms with Crippen molar-refractivity contribution in [2.24, 2.45) is 0 Å². The van der Waals surface area contributed by atoms with Crippen molar-refractivity contribution in [2.75, 3.05) is 0 Å². The molecule has 0 aliphatic rings. The summed E-state index contributed by atoms with van der Waals surface area (Å²) in [7, 11) is 0. The molecule has 0 bridgehead atoms. The number of esters is 1. The van der Waals surface area contributed by atoms with Gasteiger partial charge in [-0.05, 0) is 24.0 Å². The molecule has 0 heterocycles. The summed E-state index contributed by atoms with van der Waals surface area (Å²) in [6.07, 6.45) is 0. The highest BCUT2D eigenvalue weighted by Gasteiger charge is 2.11. The van der Waals surface area contributed by atoms with Crippen LogP contribution in [0.3, 0.4) is 0 Å². The van der Waals surface area contributed by atoms with Gasteiger partial charge in [0.2, 0.25) is 0 Å². The third-order valence-corrected chi connectivity index (χ3v) is 2.11. The van der Waals surface area contributed by atoms with Crippen molar-refractivity contribution in [2.45, 2.75) is 33.6 Å².